The quantitative estimate of drug-likeness (QED) is 0.207. The summed E-state index contributed by atoms with van der Waals surface area (Å²) in [7, 11) is 0. The van der Waals surface area contributed by atoms with Gasteiger partial charge in [0.25, 0.3) is 0 Å². The van der Waals surface area contributed by atoms with E-state index < -0.39 is 0 Å². The molecule has 3 rings (SSSR count). The van der Waals surface area contributed by atoms with Gasteiger partial charge >= 0.3 is 0 Å². The van der Waals surface area contributed by atoms with Crippen molar-refractivity contribution in [2.75, 3.05) is 0 Å². The van der Waals surface area contributed by atoms with Gasteiger partial charge in [-0.05, 0) is 53.8 Å². The fraction of sp³-hybridized carbons (Fsp3) is 0.452. The number of rotatable bonds is 16. The van der Waals surface area contributed by atoms with Gasteiger partial charge in [0.2, 0.25) is 5.91 Å². The first-order chi connectivity index (χ1) is 16.7. The van der Waals surface area contributed by atoms with Crippen LogP contribution < -0.4 is 5.32 Å². The number of thiophene rings is 1. The number of hydrogen-bond donors (Lipinski definition) is 1. The molecule has 1 aromatic heterocycles. The maximum absolute atomic E-state index is 12.8. The highest BCUT2D eigenvalue weighted by atomic mass is 32.1. The molecule has 0 aliphatic heterocycles. The minimum atomic E-state index is -0.00281. The summed E-state index contributed by atoms with van der Waals surface area (Å²) in [5, 5.41) is 5.58. The number of unbranched alkanes of at least 4 members (excludes halogenated alkanes) is 7. The average molecular weight is 476 g/mol. The number of hydrogen-bond acceptors (Lipinski definition) is 2. The van der Waals surface area contributed by atoms with Crippen molar-refractivity contribution in [2.24, 2.45) is 0 Å². The number of carbonyl (C=O) groups excluding carboxylic acids is 1. The highest BCUT2D eigenvalue weighted by molar-refractivity contribution is 7.10. The number of benzene rings is 2. The summed E-state index contributed by atoms with van der Waals surface area (Å²) in [5.74, 6) is 0.128. The summed E-state index contributed by atoms with van der Waals surface area (Å²) in [5.41, 5.74) is 3.83. The van der Waals surface area contributed by atoms with Gasteiger partial charge in [-0.1, -0.05) is 113 Å². The second-order valence-electron chi connectivity index (χ2n) is 9.37. The van der Waals surface area contributed by atoms with Gasteiger partial charge < -0.3 is 5.32 Å². The Kier molecular flexibility index (Phi) is 12.0. The molecule has 0 saturated carbocycles. The third-order valence-electron chi connectivity index (χ3n) is 6.45. The zero-order valence-corrected chi connectivity index (χ0v) is 21.6. The van der Waals surface area contributed by atoms with Crippen molar-refractivity contribution in [3.8, 4) is 0 Å². The van der Waals surface area contributed by atoms with Crippen LogP contribution in [0.25, 0.3) is 0 Å². The Morgan fingerprint density at radius 1 is 0.794 bits per heavy atom. The molecule has 0 bridgehead atoms. The lowest BCUT2D eigenvalue weighted by Gasteiger charge is -2.19. The van der Waals surface area contributed by atoms with Crippen molar-refractivity contribution >= 4 is 17.2 Å². The zero-order chi connectivity index (χ0) is 23.8. The average Bonchev–Trinajstić information content (AvgIpc) is 3.33. The molecule has 1 unspecified atom stereocenters. The molecule has 0 aliphatic carbocycles. The van der Waals surface area contributed by atoms with E-state index in [0.29, 0.717) is 6.42 Å². The van der Waals surface area contributed by atoms with Gasteiger partial charge in [-0.2, -0.15) is 0 Å². The summed E-state index contributed by atoms with van der Waals surface area (Å²) in [6.07, 6.45) is 14.2. The van der Waals surface area contributed by atoms with E-state index in [4.69, 9.17) is 0 Å². The maximum Gasteiger partial charge on any atom is 0.220 e. The molecule has 3 heteroatoms. The zero-order valence-electron chi connectivity index (χ0n) is 20.8. The van der Waals surface area contributed by atoms with Gasteiger partial charge in [0.15, 0.2) is 0 Å². The predicted molar refractivity (Wildman–Crippen MR) is 146 cm³/mol. The molecular weight excluding hydrogens is 434 g/mol. The van der Waals surface area contributed by atoms with Crippen LogP contribution in [0.15, 0.2) is 72.1 Å². The molecule has 0 saturated heterocycles. The molecule has 182 valence electrons. The summed E-state index contributed by atoms with van der Waals surface area (Å²) in [6.45, 7) is 2.27. The third kappa shape index (κ3) is 9.85. The molecule has 34 heavy (non-hydrogen) atoms. The minimum Gasteiger partial charge on any atom is -0.349 e. The fourth-order valence-corrected chi connectivity index (χ4v) is 5.37. The molecule has 0 aliphatic rings. The van der Waals surface area contributed by atoms with Gasteiger partial charge in [-0.25, -0.2) is 0 Å². The van der Waals surface area contributed by atoms with Crippen molar-refractivity contribution < 1.29 is 4.79 Å². The standard InChI is InChI=1S/C31H41NOS/c1-2-3-4-5-6-7-8-11-18-27-23-29(34-25-27)21-22-31(33)32-30(28-19-14-10-15-20-28)24-26-16-12-9-13-17-26/h9-10,12-17,19-20,23,25,30H,2-8,11,18,21-22,24H2,1H3,(H,32,33). The van der Waals surface area contributed by atoms with Gasteiger partial charge in [0, 0.05) is 11.3 Å². The first-order valence-electron chi connectivity index (χ1n) is 13.2. The number of nitrogens with one attached hydrogen (secondary N) is 1. The van der Waals surface area contributed by atoms with Crippen LogP contribution in [0, 0.1) is 0 Å². The number of carbonyl (C=O) groups is 1. The molecule has 1 atom stereocenters. The van der Waals surface area contributed by atoms with Crippen LogP contribution in [-0.2, 0) is 24.1 Å². The SMILES string of the molecule is CCCCCCCCCCc1csc(CCC(=O)NC(Cc2ccccc2)c2ccccc2)c1. The number of aryl methyl sites for hydroxylation is 2. The molecule has 3 aromatic rings. The Hall–Kier alpha value is -2.39. The lowest BCUT2D eigenvalue weighted by molar-refractivity contribution is -0.121. The second-order valence-corrected chi connectivity index (χ2v) is 10.4. The molecule has 1 N–H and O–H groups in total. The van der Waals surface area contributed by atoms with Crippen molar-refractivity contribution in [1.29, 1.82) is 0 Å². The van der Waals surface area contributed by atoms with E-state index in [1.807, 2.05) is 24.3 Å². The van der Waals surface area contributed by atoms with Crippen LogP contribution >= 0.6 is 11.3 Å². The smallest absolute Gasteiger partial charge is 0.220 e. The third-order valence-corrected chi connectivity index (χ3v) is 7.49. The molecule has 2 nitrogen and oxygen atoms in total. The van der Waals surface area contributed by atoms with Crippen LogP contribution in [0.1, 0.15) is 92.3 Å². The lowest BCUT2D eigenvalue weighted by atomic mass is 9.98. The van der Waals surface area contributed by atoms with Crippen LogP contribution in [0.4, 0.5) is 0 Å². The fourth-order valence-electron chi connectivity index (χ4n) is 4.44. The predicted octanol–water partition coefficient (Wildman–Crippen LogP) is 8.46. The van der Waals surface area contributed by atoms with Gasteiger partial charge in [-0.3, -0.25) is 4.79 Å². The van der Waals surface area contributed by atoms with E-state index >= 15 is 0 Å². The van der Waals surface area contributed by atoms with Crippen molar-refractivity contribution in [2.45, 2.75) is 90.0 Å². The number of amides is 1. The largest absolute Gasteiger partial charge is 0.349 e. The highest BCUT2D eigenvalue weighted by Crippen LogP contribution is 2.21. The topological polar surface area (TPSA) is 29.1 Å². The Labute approximate surface area is 210 Å². The molecule has 0 radical (unpaired) electrons. The van der Waals surface area contributed by atoms with Crippen molar-refractivity contribution in [3.63, 3.8) is 0 Å². The molecule has 2 aromatic carbocycles. The summed E-state index contributed by atoms with van der Waals surface area (Å²) >= 11 is 1.81. The van der Waals surface area contributed by atoms with E-state index in [9.17, 15) is 4.79 Å². The summed E-state index contributed by atoms with van der Waals surface area (Å²) in [4.78, 5) is 14.2. The Morgan fingerprint density at radius 2 is 1.44 bits per heavy atom. The van der Waals surface area contributed by atoms with Crippen LogP contribution in [0.3, 0.4) is 0 Å². The Morgan fingerprint density at radius 3 is 2.15 bits per heavy atom. The van der Waals surface area contributed by atoms with Crippen LogP contribution in [-0.4, -0.2) is 5.91 Å². The van der Waals surface area contributed by atoms with Crippen LogP contribution in [0.5, 0.6) is 0 Å². The van der Waals surface area contributed by atoms with E-state index in [1.165, 1.54) is 73.8 Å². The second kappa shape index (κ2) is 15.5. The maximum atomic E-state index is 12.8. The lowest BCUT2D eigenvalue weighted by Crippen LogP contribution is -2.30. The van der Waals surface area contributed by atoms with Gasteiger partial charge in [-0.15, -0.1) is 11.3 Å². The Bertz CT molecular complexity index is 934. The van der Waals surface area contributed by atoms with Crippen molar-refractivity contribution in [1.82, 2.24) is 5.32 Å². The van der Waals surface area contributed by atoms with Crippen molar-refractivity contribution in [3.05, 3.63) is 93.7 Å². The molecule has 0 fully saturated rings. The molecule has 1 amide bonds. The Balaban J connectivity index is 1.40. The summed E-state index contributed by atoms with van der Waals surface area (Å²) in [6, 6.07) is 23.0. The van der Waals surface area contributed by atoms with E-state index in [1.54, 1.807) is 11.3 Å². The molecular formula is C31H41NOS. The van der Waals surface area contributed by atoms with E-state index in [-0.39, 0.29) is 11.9 Å². The van der Waals surface area contributed by atoms with E-state index in [0.717, 1.165) is 18.4 Å². The summed E-state index contributed by atoms with van der Waals surface area (Å²) < 4.78 is 0. The van der Waals surface area contributed by atoms with Gasteiger partial charge in [0.1, 0.15) is 0 Å². The van der Waals surface area contributed by atoms with E-state index in [2.05, 4.69) is 60.1 Å². The van der Waals surface area contributed by atoms with Gasteiger partial charge in [0.05, 0.1) is 6.04 Å². The minimum absolute atomic E-state index is 0.00281. The highest BCUT2D eigenvalue weighted by Gasteiger charge is 2.15. The monoisotopic (exact) mass is 475 g/mol. The van der Waals surface area contributed by atoms with Crippen LogP contribution in [0.2, 0.25) is 0 Å². The first-order valence-corrected chi connectivity index (χ1v) is 14.1. The first kappa shape index (κ1) is 26.2. The molecule has 0 spiro atoms. The normalized spacial score (nSPS) is 11.9. The molecule has 1 heterocycles.